The summed E-state index contributed by atoms with van der Waals surface area (Å²) in [6.45, 7) is 3.41. The van der Waals surface area contributed by atoms with Crippen molar-refractivity contribution in [1.29, 1.82) is 0 Å². The average Bonchev–Trinajstić information content (AvgIpc) is 3.45. The van der Waals surface area contributed by atoms with E-state index in [1.165, 1.54) is 0 Å². The van der Waals surface area contributed by atoms with E-state index in [2.05, 4.69) is 19.9 Å². The molecule has 23 heteroatoms. The number of carbonyl (C=O) groups excluding carboxylic acids is 1. The predicted octanol–water partition coefficient (Wildman–Crippen LogP) is 4.18. The van der Waals surface area contributed by atoms with Gasteiger partial charge in [-0.1, -0.05) is 12.1 Å². The Hall–Kier alpha value is -5.58. The summed E-state index contributed by atoms with van der Waals surface area (Å²) in [5, 5.41) is 21.4. The number of pyridine rings is 3. The molecule has 0 bridgehead atoms. The Morgan fingerprint density at radius 3 is 1.85 bits per heavy atom. The molecule has 2 unspecified atom stereocenters. The molecule has 1 spiro atoms. The van der Waals surface area contributed by atoms with Gasteiger partial charge in [-0.2, -0.15) is 39.5 Å². The van der Waals surface area contributed by atoms with E-state index in [1.807, 2.05) is 47.5 Å². The number of carboxylic acids is 3. The van der Waals surface area contributed by atoms with Gasteiger partial charge in [-0.05, 0) is 35.4 Å². The predicted molar refractivity (Wildman–Crippen MR) is 162 cm³/mol. The molecule has 2 aliphatic heterocycles. The van der Waals surface area contributed by atoms with Crippen molar-refractivity contribution in [2.24, 2.45) is 0 Å². The molecular weight excluding hydrogens is 757 g/mol. The molecule has 2 aliphatic rings. The summed E-state index contributed by atoms with van der Waals surface area (Å²) < 4.78 is 107. The molecule has 2 saturated heterocycles. The maximum atomic E-state index is 14.0. The number of ether oxygens (including phenoxy) is 2. The third-order valence-corrected chi connectivity index (χ3v) is 7.21. The van der Waals surface area contributed by atoms with Crippen molar-refractivity contribution in [3.8, 4) is 5.88 Å². The number of hydrogen-bond donors (Lipinski definition) is 3. The number of carboxylic acid groups (broad SMARTS) is 3. The number of likely N-dealkylation sites (tertiary alicyclic amines) is 1. The van der Waals surface area contributed by atoms with Crippen LogP contribution in [0.25, 0.3) is 0 Å². The number of halogens is 9. The lowest BCUT2D eigenvalue weighted by atomic mass is 9.83. The summed E-state index contributed by atoms with van der Waals surface area (Å²) in [6, 6.07) is 11.8. The van der Waals surface area contributed by atoms with Gasteiger partial charge in [0.1, 0.15) is 0 Å². The molecular formula is C31H30F9N5O9. The van der Waals surface area contributed by atoms with Crippen LogP contribution in [-0.4, -0.2) is 121 Å². The van der Waals surface area contributed by atoms with Crippen LogP contribution in [0.4, 0.5) is 39.5 Å². The molecule has 296 valence electrons. The van der Waals surface area contributed by atoms with Gasteiger partial charge < -0.3 is 29.7 Å². The maximum Gasteiger partial charge on any atom is 0.490 e. The molecule has 5 heterocycles. The van der Waals surface area contributed by atoms with Crippen LogP contribution in [0.2, 0.25) is 0 Å². The van der Waals surface area contributed by atoms with Gasteiger partial charge in [-0.25, -0.2) is 19.4 Å². The Morgan fingerprint density at radius 2 is 1.37 bits per heavy atom. The number of alkyl halides is 9. The van der Waals surface area contributed by atoms with E-state index >= 15 is 0 Å². The Labute approximate surface area is 298 Å². The first-order valence-electron chi connectivity index (χ1n) is 14.9. The number of methoxy groups -OCH3 is 1. The highest BCUT2D eigenvalue weighted by molar-refractivity contribution is 5.88. The molecule has 0 aromatic carbocycles. The van der Waals surface area contributed by atoms with E-state index in [1.54, 1.807) is 31.9 Å². The van der Waals surface area contributed by atoms with Gasteiger partial charge >= 0.3 is 36.4 Å². The number of carbonyl (C=O) groups is 4. The summed E-state index contributed by atoms with van der Waals surface area (Å²) in [7, 11) is 1.63. The zero-order valence-corrected chi connectivity index (χ0v) is 27.6. The van der Waals surface area contributed by atoms with Gasteiger partial charge in [0.2, 0.25) is 5.88 Å². The van der Waals surface area contributed by atoms with E-state index in [9.17, 15) is 44.3 Å². The smallest absolute Gasteiger partial charge is 0.481 e. The van der Waals surface area contributed by atoms with Gasteiger partial charge in [0.05, 0.1) is 13.7 Å². The van der Waals surface area contributed by atoms with Gasteiger partial charge in [0.15, 0.2) is 5.60 Å². The Morgan fingerprint density at radius 1 is 0.833 bits per heavy atom. The van der Waals surface area contributed by atoms with Crippen LogP contribution in [0.5, 0.6) is 5.88 Å². The minimum absolute atomic E-state index is 0.0278. The van der Waals surface area contributed by atoms with Crippen LogP contribution in [0, 0.1) is 0 Å². The van der Waals surface area contributed by atoms with E-state index in [-0.39, 0.29) is 11.8 Å². The Bertz CT molecular complexity index is 1640. The molecule has 3 aromatic heterocycles. The molecule has 1 amide bonds. The van der Waals surface area contributed by atoms with Crippen molar-refractivity contribution >= 4 is 23.8 Å². The zero-order valence-electron chi connectivity index (χ0n) is 27.6. The lowest BCUT2D eigenvalue weighted by Gasteiger charge is -2.42. The first kappa shape index (κ1) is 44.6. The number of aromatic nitrogens is 3. The molecule has 5 rings (SSSR count). The lowest BCUT2D eigenvalue weighted by Crippen LogP contribution is -2.59. The number of nitrogens with zero attached hydrogens (tertiary/aromatic N) is 5. The fourth-order valence-electron chi connectivity index (χ4n) is 4.95. The average molecular weight is 788 g/mol. The largest absolute Gasteiger partial charge is 0.490 e. The minimum atomic E-state index is -5.08. The summed E-state index contributed by atoms with van der Waals surface area (Å²) >= 11 is 0. The maximum absolute atomic E-state index is 14.0. The van der Waals surface area contributed by atoms with Crippen molar-refractivity contribution in [3.05, 3.63) is 84.1 Å². The normalized spacial score (nSPS) is 18.6. The standard InChI is InChI=1S/C25H27N5O3.3C2HF3O2/c1-32-23-21(5-3-9-28-23)16-29-17-22(20-4-2-8-27-14-20)25(18-29)24(31)30(12-13-33-25)15-19-6-10-26-11-7-19;3*3-2(4,5)1(6)7/h2-11,14,22H,12-13,15-18H2,1H3;3*(H,6,7). The van der Waals surface area contributed by atoms with Crippen molar-refractivity contribution in [2.75, 3.05) is 33.4 Å². The summed E-state index contributed by atoms with van der Waals surface area (Å²) in [4.78, 5) is 57.5. The van der Waals surface area contributed by atoms with Gasteiger partial charge in [0, 0.05) is 75.2 Å². The van der Waals surface area contributed by atoms with E-state index < -0.39 is 42.0 Å². The molecule has 54 heavy (non-hydrogen) atoms. The molecule has 2 atom stereocenters. The fourth-order valence-corrected chi connectivity index (χ4v) is 4.95. The van der Waals surface area contributed by atoms with Crippen LogP contribution in [0.15, 0.2) is 67.4 Å². The lowest BCUT2D eigenvalue weighted by molar-refractivity contribution is -0.193. The molecule has 0 radical (unpaired) electrons. The SMILES string of the molecule is COc1ncccc1CN1CC(c2cccnc2)C2(C1)OCCN(Cc1ccncc1)C2=O.O=C(O)C(F)(F)F.O=C(O)C(F)(F)F.O=C(O)C(F)(F)F. The second-order valence-corrected chi connectivity index (χ2v) is 10.9. The highest BCUT2D eigenvalue weighted by Gasteiger charge is 2.57. The van der Waals surface area contributed by atoms with E-state index in [4.69, 9.17) is 39.2 Å². The molecule has 14 nitrogen and oxygen atoms in total. The number of rotatable bonds is 6. The topological polar surface area (TPSA) is 193 Å². The number of aliphatic carboxylic acids is 3. The fraction of sp³-hybridized carbons (Fsp3) is 0.387. The first-order valence-corrected chi connectivity index (χ1v) is 14.9. The van der Waals surface area contributed by atoms with Crippen molar-refractivity contribution in [1.82, 2.24) is 24.8 Å². The minimum Gasteiger partial charge on any atom is -0.481 e. The van der Waals surface area contributed by atoms with E-state index in [0.29, 0.717) is 45.2 Å². The van der Waals surface area contributed by atoms with Gasteiger partial charge in [-0.3, -0.25) is 19.7 Å². The second-order valence-electron chi connectivity index (χ2n) is 10.9. The van der Waals surface area contributed by atoms with Gasteiger partial charge in [-0.15, -0.1) is 0 Å². The molecule has 0 aliphatic carbocycles. The molecule has 0 saturated carbocycles. The summed E-state index contributed by atoms with van der Waals surface area (Å²) in [5.41, 5.74) is 2.10. The first-order chi connectivity index (χ1) is 25.0. The van der Waals surface area contributed by atoms with Crippen LogP contribution < -0.4 is 4.74 Å². The molecule has 2 fully saturated rings. The summed E-state index contributed by atoms with van der Waals surface area (Å²) in [6.07, 6.45) is -6.42. The number of hydrogen-bond acceptors (Lipinski definition) is 10. The molecule has 3 aromatic rings. The second kappa shape index (κ2) is 19.0. The number of morpholine rings is 1. The van der Waals surface area contributed by atoms with E-state index in [0.717, 1.165) is 16.7 Å². The Kier molecular flexibility index (Phi) is 15.6. The summed E-state index contributed by atoms with van der Waals surface area (Å²) in [5.74, 6) is -7.76. The van der Waals surface area contributed by atoms with Crippen molar-refractivity contribution in [2.45, 2.75) is 43.1 Å². The highest BCUT2D eigenvalue weighted by Crippen LogP contribution is 2.42. The highest BCUT2D eigenvalue weighted by atomic mass is 19.4. The quantitative estimate of drug-likeness (QED) is 0.302. The molecule has 3 N–H and O–H groups in total. The number of amides is 1. The van der Waals surface area contributed by atoms with Crippen LogP contribution in [0.3, 0.4) is 0 Å². The van der Waals surface area contributed by atoms with Crippen molar-refractivity contribution in [3.63, 3.8) is 0 Å². The van der Waals surface area contributed by atoms with Gasteiger partial charge in [0.25, 0.3) is 5.91 Å². The third-order valence-electron chi connectivity index (χ3n) is 7.21. The Balaban J connectivity index is 0.000000393. The van der Waals surface area contributed by atoms with Crippen LogP contribution in [-0.2, 0) is 37.0 Å². The van der Waals surface area contributed by atoms with Crippen LogP contribution in [0.1, 0.15) is 22.6 Å². The monoisotopic (exact) mass is 787 g/mol. The third kappa shape index (κ3) is 13.1. The van der Waals surface area contributed by atoms with Crippen molar-refractivity contribution < 1.29 is 83.5 Å². The zero-order chi connectivity index (χ0) is 40.9. The van der Waals surface area contributed by atoms with Crippen LogP contribution >= 0.6 is 0 Å².